The van der Waals surface area contributed by atoms with Gasteiger partial charge in [0, 0.05) is 40.0 Å². The van der Waals surface area contributed by atoms with E-state index < -0.39 is 0 Å². The Kier molecular flexibility index (Phi) is 4.76. The molecule has 31 heavy (non-hydrogen) atoms. The Labute approximate surface area is 182 Å². The second kappa shape index (κ2) is 7.74. The third-order valence-corrected chi connectivity index (χ3v) is 5.43. The van der Waals surface area contributed by atoms with Crippen LogP contribution in [0.3, 0.4) is 0 Å². The van der Waals surface area contributed by atoms with Gasteiger partial charge in [-0.25, -0.2) is 4.98 Å². The molecule has 2 heterocycles. The molecular weight excluding hydrogens is 412 g/mol. The first-order valence-corrected chi connectivity index (χ1v) is 10.1. The highest BCUT2D eigenvalue weighted by atomic mass is 35.5. The van der Waals surface area contributed by atoms with Gasteiger partial charge >= 0.3 is 0 Å². The Morgan fingerprint density at radius 2 is 1.90 bits per heavy atom. The molecule has 7 heteroatoms. The van der Waals surface area contributed by atoms with Crippen molar-refractivity contribution >= 4 is 39.4 Å². The van der Waals surface area contributed by atoms with Crippen molar-refractivity contribution in [1.29, 1.82) is 0 Å². The molecule has 0 saturated heterocycles. The number of rotatable bonds is 4. The summed E-state index contributed by atoms with van der Waals surface area (Å²) < 4.78 is 1.92. The van der Waals surface area contributed by atoms with E-state index in [0.717, 1.165) is 16.7 Å². The molecule has 3 aromatic carbocycles. The Bertz CT molecular complexity index is 1490. The average molecular weight is 429 g/mol. The van der Waals surface area contributed by atoms with Gasteiger partial charge in [-0.1, -0.05) is 29.8 Å². The lowest BCUT2D eigenvalue weighted by Gasteiger charge is -2.14. The predicted octanol–water partition coefficient (Wildman–Crippen LogP) is 4.45. The van der Waals surface area contributed by atoms with E-state index in [9.17, 15) is 9.59 Å². The van der Waals surface area contributed by atoms with Gasteiger partial charge in [0.25, 0.3) is 5.91 Å². The van der Waals surface area contributed by atoms with E-state index in [0.29, 0.717) is 27.1 Å². The molecule has 6 nitrogen and oxygen atoms in total. The molecule has 0 unspecified atom stereocenters. The zero-order chi connectivity index (χ0) is 21.4. The van der Waals surface area contributed by atoms with Gasteiger partial charge in [0.1, 0.15) is 0 Å². The number of H-pyrrole nitrogens is 1. The van der Waals surface area contributed by atoms with Crippen molar-refractivity contribution in [2.75, 3.05) is 0 Å². The number of fused-ring (bicyclic) bond motifs is 2. The van der Waals surface area contributed by atoms with Crippen LogP contribution < -0.4 is 10.7 Å². The molecule has 0 radical (unpaired) electrons. The summed E-state index contributed by atoms with van der Waals surface area (Å²) in [6.07, 6.45) is 3.34. The number of halogens is 1. The van der Waals surface area contributed by atoms with Crippen molar-refractivity contribution in [3.63, 3.8) is 0 Å². The van der Waals surface area contributed by atoms with Crippen molar-refractivity contribution in [3.05, 3.63) is 106 Å². The second-order valence-electron chi connectivity index (χ2n) is 7.17. The molecule has 2 N–H and O–H groups in total. The summed E-state index contributed by atoms with van der Waals surface area (Å²) in [6.45, 7) is 0.101. The molecule has 1 amide bonds. The standard InChI is InChI=1S/C24H17ClN4O2/c25-17-7-8-19-22(11-17)29(18-4-2-1-3-5-18)13-16(23(19)30)12-26-24(31)15-6-9-20-21(10-15)28-14-27-20/h1-11,13-14H,12H2,(H,26,31)(H,27,28). The lowest BCUT2D eigenvalue weighted by Crippen LogP contribution is -2.27. The highest BCUT2D eigenvalue weighted by Crippen LogP contribution is 2.21. The van der Waals surface area contributed by atoms with Crippen LogP contribution in [-0.2, 0) is 6.54 Å². The largest absolute Gasteiger partial charge is 0.348 e. The van der Waals surface area contributed by atoms with E-state index in [2.05, 4.69) is 15.3 Å². The number of hydrogen-bond acceptors (Lipinski definition) is 3. The average Bonchev–Trinajstić information content (AvgIpc) is 3.27. The zero-order valence-corrected chi connectivity index (χ0v) is 17.1. The lowest BCUT2D eigenvalue weighted by atomic mass is 10.1. The van der Waals surface area contributed by atoms with Gasteiger partial charge in [0.15, 0.2) is 5.43 Å². The molecule has 0 saturated carbocycles. The number of benzene rings is 3. The second-order valence-corrected chi connectivity index (χ2v) is 7.60. The first-order valence-electron chi connectivity index (χ1n) is 9.71. The quantitative estimate of drug-likeness (QED) is 0.444. The van der Waals surface area contributed by atoms with Crippen molar-refractivity contribution < 1.29 is 4.79 Å². The summed E-state index contributed by atoms with van der Waals surface area (Å²) in [4.78, 5) is 32.9. The molecular formula is C24H17ClN4O2. The Morgan fingerprint density at radius 3 is 2.74 bits per heavy atom. The number of hydrogen-bond donors (Lipinski definition) is 2. The molecule has 0 bridgehead atoms. The van der Waals surface area contributed by atoms with Crippen LogP contribution in [-0.4, -0.2) is 20.4 Å². The molecule has 2 aromatic heterocycles. The zero-order valence-electron chi connectivity index (χ0n) is 16.3. The van der Waals surface area contributed by atoms with E-state index in [1.54, 1.807) is 48.9 Å². The van der Waals surface area contributed by atoms with Crippen molar-refractivity contribution in [3.8, 4) is 5.69 Å². The number of nitrogens with one attached hydrogen (secondary N) is 2. The van der Waals surface area contributed by atoms with Gasteiger partial charge in [-0.15, -0.1) is 0 Å². The van der Waals surface area contributed by atoms with Crippen LogP contribution in [0.15, 0.2) is 84.0 Å². The van der Waals surface area contributed by atoms with E-state index in [1.807, 2.05) is 34.9 Å². The molecule has 0 aliphatic heterocycles. The maximum atomic E-state index is 13.1. The Hall–Kier alpha value is -3.90. The predicted molar refractivity (Wildman–Crippen MR) is 122 cm³/mol. The van der Waals surface area contributed by atoms with E-state index >= 15 is 0 Å². The van der Waals surface area contributed by atoms with Crippen molar-refractivity contribution in [2.45, 2.75) is 6.54 Å². The topological polar surface area (TPSA) is 79.8 Å². The molecule has 152 valence electrons. The van der Waals surface area contributed by atoms with Gasteiger partial charge in [0.05, 0.1) is 22.9 Å². The minimum Gasteiger partial charge on any atom is -0.348 e. The highest BCUT2D eigenvalue weighted by molar-refractivity contribution is 6.31. The monoisotopic (exact) mass is 428 g/mol. The summed E-state index contributed by atoms with van der Waals surface area (Å²) in [5.41, 5.74) is 4.01. The fourth-order valence-electron chi connectivity index (χ4n) is 3.64. The van der Waals surface area contributed by atoms with Gasteiger partial charge in [-0.3, -0.25) is 9.59 Å². The van der Waals surface area contributed by atoms with Crippen LogP contribution in [0.5, 0.6) is 0 Å². The smallest absolute Gasteiger partial charge is 0.251 e. The number of nitrogens with zero attached hydrogens (tertiary/aromatic N) is 2. The van der Waals surface area contributed by atoms with Gasteiger partial charge < -0.3 is 14.9 Å². The summed E-state index contributed by atoms with van der Waals surface area (Å²) in [5.74, 6) is -0.265. The fourth-order valence-corrected chi connectivity index (χ4v) is 3.80. The van der Waals surface area contributed by atoms with Gasteiger partial charge in [-0.05, 0) is 48.5 Å². The maximum absolute atomic E-state index is 13.1. The van der Waals surface area contributed by atoms with Crippen LogP contribution in [0.25, 0.3) is 27.6 Å². The number of carbonyl (C=O) groups is 1. The van der Waals surface area contributed by atoms with Crippen LogP contribution in [0, 0.1) is 0 Å². The molecule has 0 fully saturated rings. The number of carbonyl (C=O) groups excluding carboxylic acids is 1. The third-order valence-electron chi connectivity index (χ3n) is 5.20. The van der Waals surface area contributed by atoms with Crippen LogP contribution in [0.4, 0.5) is 0 Å². The first kappa shape index (κ1) is 19.1. The summed E-state index contributed by atoms with van der Waals surface area (Å²) in [6, 6.07) is 20.1. The Balaban J connectivity index is 1.52. The van der Waals surface area contributed by atoms with Crippen LogP contribution in [0.2, 0.25) is 5.02 Å². The summed E-state index contributed by atoms with van der Waals surface area (Å²) in [5, 5.41) is 3.94. The molecule has 0 spiro atoms. The number of aromatic amines is 1. The Morgan fingerprint density at radius 1 is 1.06 bits per heavy atom. The number of imidazole rings is 1. The number of pyridine rings is 1. The molecule has 0 aliphatic rings. The summed E-state index contributed by atoms with van der Waals surface area (Å²) >= 11 is 6.19. The highest BCUT2D eigenvalue weighted by Gasteiger charge is 2.13. The van der Waals surface area contributed by atoms with E-state index in [-0.39, 0.29) is 17.9 Å². The lowest BCUT2D eigenvalue weighted by molar-refractivity contribution is 0.0951. The molecule has 0 aliphatic carbocycles. The van der Waals surface area contributed by atoms with Gasteiger partial charge in [-0.2, -0.15) is 0 Å². The first-order chi connectivity index (χ1) is 15.1. The fraction of sp³-hybridized carbons (Fsp3) is 0.0417. The SMILES string of the molecule is O=C(NCc1cn(-c2ccccc2)c2cc(Cl)ccc2c1=O)c1ccc2nc[nH]c2c1. The third kappa shape index (κ3) is 3.58. The minimum atomic E-state index is -0.265. The molecule has 5 aromatic rings. The maximum Gasteiger partial charge on any atom is 0.251 e. The molecule has 5 rings (SSSR count). The van der Waals surface area contributed by atoms with Crippen LogP contribution >= 0.6 is 11.6 Å². The van der Waals surface area contributed by atoms with Crippen molar-refractivity contribution in [1.82, 2.24) is 19.9 Å². The van der Waals surface area contributed by atoms with E-state index in [4.69, 9.17) is 11.6 Å². The van der Waals surface area contributed by atoms with Gasteiger partial charge in [0.2, 0.25) is 0 Å². The summed E-state index contributed by atoms with van der Waals surface area (Å²) in [7, 11) is 0. The number of para-hydroxylation sites is 1. The van der Waals surface area contributed by atoms with E-state index in [1.165, 1.54) is 0 Å². The number of amides is 1. The normalized spacial score (nSPS) is 11.1. The van der Waals surface area contributed by atoms with Crippen LogP contribution in [0.1, 0.15) is 15.9 Å². The number of aromatic nitrogens is 3. The van der Waals surface area contributed by atoms with Crippen molar-refractivity contribution in [2.24, 2.45) is 0 Å². The minimum absolute atomic E-state index is 0.101. The molecule has 0 atom stereocenters.